The molecule has 2 aromatic carbocycles. The number of fused-ring (bicyclic) bond motifs is 1. The summed E-state index contributed by atoms with van der Waals surface area (Å²) < 4.78 is 19.0. The van der Waals surface area contributed by atoms with E-state index in [1.54, 1.807) is 37.4 Å². The summed E-state index contributed by atoms with van der Waals surface area (Å²) in [5, 5.41) is 14.1. The highest BCUT2D eigenvalue weighted by atomic mass is 35.5. The molecule has 1 saturated carbocycles. The lowest BCUT2D eigenvalue weighted by Crippen LogP contribution is -2.42. The number of ether oxygens (including phenoxy) is 1. The fourth-order valence-electron chi connectivity index (χ4n) is 4.45. The summed E-state index contributed by atoms with van der Waals surface area (Å²) >= 11 is 6.10. The third-order valence-electron chi connectivity index (χ3n) is 5.95. The molecule has 29 heavy (non-hydrogen) atoms. The molecule has 154 valence electrons. The van der Waals surface area contributed by atoms with E-state index in [0.717, 1.165) is 5.69 Å². The Morgan fingerprint density at radius 1 is 1.17 bits per heavy atom. The molecule has 4 atom stereocenters. The van der Waals surface area contributed by atoms with E-state index >= 15 is 0 Å². The molecular formula is C22H24ClFN2O3. The average molecular weight is 419 g/mol. The molecule has 1 aliphatic heterocycles. The lowest BCUT2D eigenvalue weighted by molar-refractivity contribution is -0.0231. The van der Waals surface area contributed by atoms with E-state index in [2.05, 4.69) is 5.32 Å². The van der Waals surface area contributed by atoms with Crippen molar-refractivity contribution in [2.45, 2.75) is 25.0 Å². The lowest BCUT2D eigenvalue weighted by Gasteiger charge is -2.35. The quantitative estimate of drug-likeness (QED) is 0.792. The van der Waals surface area contributed by atoms with Gasteiger partial charge in [0.1, 0.15) is 17.7 Å². The van der Waals surface area contributed by atoms with Crippen LogP contribution in [0.4, 0.5) is 10.1 Å². The Kier molecular flexibility index (Phi) is 5.65. The fraction of sp³-hybridized carbons (Fsp3) is 0.409. The van der Waals surface area contributed by atoms with Crippen molar-refractivity contribution in [1.29, 1.82) is 0 Å². The van der Waals surface area contributed by atoms with Crippen LogP contribution in [0.15, 0.2) is 42.5 Å². The van der Waals surface area contributed by atoms with E-state index in [4.69, 9.17) is 16.3 Å². The van der Waals surface area contributed by atoms with E-state index in [-0.39, 0.29) is 29.7 Å². The van der Waals surface area contributed by atoms with Crippen LogP contribution in [0.3, 0.4) is 0 Å². The predicted octanol–water partition coefficient (Wildman–Crippen LogP) is 3.81. The first-order chi connectivity index (χ1) is 13.9. The maximum Gasteiger partial charge on any atom is 0.256 e. The third kappa shape index (κ3) is 4.19. The smallest absolute Gasteiger partial charge is 0.256 e. The highest BCUT2D eigenvalue weighted by Gasteiger charge is 2.44. The Bertz CT molecular complexity index is 892. The Hall–Kier alpha value is -2.31. The van der Waals surface area contributed by atoms with Crippen LogP contribution in [-0.2, 0) is 0 Å². The molecule has 2 fully saturated rings. The van der Waals surface area contributed by atoms with Gasteiger partial charge in [-0.1, -0.05) is 11.6 Å². The highest BCUT2D eigenvalue weighted by Crippen LogP contribution is 2.39. The Balaban J connectivity index is 1.45. The number of hydrogen-bond donors (Lipinski definition) is 2. The average Bonchev–Trinajstić information content (AvgIpc) is 3.12. The standard InChI is InChI=1S/C22H24ClFN2O3/c1-25-19-7-2-15(23)10-18(19)22(28)26-11-13-8-20(27)21(9-14(13)12-26)29-17-5-3-16(24)4-6-17/h2-7,10,13-14,20-21,25,27H,8-9,11-12H2,1H3/t13-,14+,20+,21+/m0/s1. The van der Waals surface area contributed by atoms with Crippen LogP contribution in [0.25, 0.3) is 0 Å². The SMILES string of the molecule is CNc1ccc(Cl)cc1C(=O)N1C[C@H]2C[C@@H](Oc3ccc(F)cc3)[C@H](O)C[C@H]2C1. The van der Waals surface area contributed by atoms with E-state index in [1.165, 1.54) is 12.1 Å². The zero-order valence-electron chi connectivity index (χ0n) is 16.1. The number of aliphatic hydroxyl groups excluding tert-OH is 1. The number of carbonyl (C=O) groups is 1. The number of carbonyl (C=O) groups excluding carboxylic acids is 1. The maximum absolute atomic E-state index is 13.1. The van der Waals surface area contributed by atoms with Crippen LogP contribution in [0, 0.1) is 17.7 Å². The van der Waals surface area contributed by atoms with Crippen LogP contribution in [-0.4, -0.2) is 48.3 Å². The van der Waals surface area contributed by atoms with Gasteiger partial charge in [0.2, 0.25) is 0 Å². The maximum atomic E-state index is 13.1. The second-order valence-corrected chi connectivity index (χ2v) is 8.26. The second kappa shape index (κ2) is 8.20. The zero-order valence-corrected chi connectivity index (χ0v) is 16.9. The molecule has 1 saturated heterocycles. The van der Waals surface area contributed by atoms with Gasteiger partial charge in [0.15, 0.2) is 0 Å². The number of anilines is 1. The van der Waals surface area contributed by atoms with Crippen LogP contribution in [0.5, 0.6) is 5.75 Å². The normalized spacial score (nSPS) is 26.1. The van der Waals surface area contributed by atoms with Gasteiger partial charge in [-0.25, -0.2) is 4.39 Å². The van der Waals surface area contributed by atoms with Crippen molar-refractivity contribution >= 4 is 23.2 Å². The number of hydrogen-bond acceptors (Lipinski definition) is 4. The van der Waals surface area contributed by atoms with E-state index in [0.29, 0.717) is 42.3 Å². The van der Waals surface area contributed by atoms with Gasteiger partial charge in [0.05, 0.1) is 11.7 Å². The summed E-state index contributed by atoms with van der Waals surface area (Å²) in [6, 6.07) is 11.1. The first-order valence-corrected chi connectivity index (χ1v) is 10.2. The van der Waals surface area contributed by atoms with Crippen molar-refractivity contribution in [2.24, 2.45) is 11.8 Å². The molecule has 2 aromatic rings. The molecule has 7 heteroatoms. The minimum Gasteiger partial charge on any atom is -0.488 e. The van der Waals surface area contributed by atoms with Gasteiger partial charge in [-0.15, -0.1) is 0 Å². The van der Waals surface area contributed by atoms with E-state index in [1.807, 2.05) is 4.90 Å². The number of nitrogens with one attached hydrogen (secondary N) is 1. The van der Waals surface area contributed by atoms with Gasteiger partial charge in [-0.2, -0.15) is 0 Å². The lowest BCUT2D eigenvalue weighted by atomic mass is 9.78. The van der Waals surface area contributed by atoms with Crippen LogP contribution < -0.4 is 10.1 Å². The first-order valence-electron chi connectivity index (χ1n) is 9.81. The molecule has 4 rings (SSSR count). The Morgan fingerprint density at radius 3 is 2.55 bits per heavy atom. The summed E-state index contributed by atoms with van der Waals surface area (Å²) in [7, 11) is 1.78. The number of amides is 1. The van der Waals surface area contributed by atoms with Gasteiger partial charge in [-0.3, -0.25) is 4.79 Å². The number of rotatable bonds is 4. The van der Waals surface area contributed by atoms with Crippen molar-refractivity contribution in [3.8, 4) is 5.75 Å². The minimum atomic E-state index is -0.615. The topological polar surface area (TPSA) is 61.8 Å². The number of aliphatic hydroxyl groups is 1. The molecule has 2 aliphatic rings. The fourth-order valence-corrected chi connectivity index (χ4v) is 4.62. The van der Waals surface area contributed by atoms with Gasteiger partial charge in [0, 0.05) is 30.8 Å². The number of benzene rings is 2. The molecule has 1 aliphatic carbocycles. The zero-order chi connectivity index (χ0) is 20.5. The highest BCUT2D eigenvalue weighted by molar-refractivity contribution is 6.31. The number of halogens is 2. The van der Waals surface area contributed by atoms with Gasteiger partial charge < -0.3 is 20.1 Å². The van der Waals surface area contributed by atoms with Crippen LogP contribution in [0.2, 0.25) is 5.02 Å². The summed E-state index contributed by atoms with van der Waals surface area (Å²) in [5.41, 5.74) is 1.30. The van der Waals surface area contributed by atoms with Crippen LogP contribution >= 0.6 is 11.6 Å². The molecule has 0 bridgehead atoms. The predicted molar refractivity (Wildman–Crippen MR) is 110 cm³/mol. The van der Waals surface area contributed by atoms with Crippen molar-refractivity contribution in [3.05, 3.63) is 58.9 Å². The minimum absolute atomic E-state index is 0.0586. The Labute approximate surface area is 174 Å². The van der Waals surface area contributed by atoms with Gasteiger partial charge >= 0.3 is 0 Å². The molecule has 0 unspecified atom stereocenters. The monoisotopic (exact) mass is 418 g/mol. The van der Waals surface area contributed by atoms with Crippen molar-refractivity contribution in [2.75, 3.05) is 25.5 Å². The molecule has 0 spiro atoms. The summed E-state index contributed by atoms with van der Waals surface area (Å²) in [6.07, 6.45) is 0.252. The number of nitrogens with zero attached hydrogens (tertiary/aromatic N) is 1. The van der Waals surface area contributed by atoms with Gasteiger partial charge in [0.25, 0.3) is 5.91 Å². The molecule has 1 heterocycles. The molecule has 1 amide bonds. The van der Waals surface area contributed by atoms with Crippen molar-refractivity contribution < 1.29 is 19.0 Å². The van der Waals surface area contributed by atoms with Crippen LogP contribution in [0.1, 0.15) is 23.2 Å². The summed E-state index contributed by atoms with van der Waals surface area (Å²) in [6.45, 7) is 1.23. The molecule has 0 aromatic heterocycles. The van der Waals surface area contributed by atoms with Gasteiger partial charge in [-0.05, 0) is 67.1 Å². The second-order valence-electron chi connectivity index (χ2n) is 7.82. The molecule has 5 nitrogen and oxygen atoms in total. The van der Waals surface area contributed by atoms with Crippen molar-refractivity contribution in [3.63, 3.8) is 0 Å². The summed E-state index contributed by atoms with van der Waals surface area (Å²) in [4.78, 5) is 14.9. The summed E-state index contributed by atoms with van der Waals surface area (Å²) in [5.74, 6) is 0.645. The van der Waals surface area contributed by atoms with E-state index in [9.17, 15) is 14.3 Å². The van der Waals surface area contributed by atoms with E-state index < -0.39 is 6.10 Å². The molecule has 0 radical (unpaired) electrons. The largest absolute Gasteiger partial charge is 0.488 e. The molecule has 2 N–H and O–H groups in total. The molecular weight excluding hydrogens is 395 g/mol. The Morgan fingerprint density at radius 2 is 1.86 bits per heavy atom. The van der Waals surface area contributed by atoms with Crippen molar-refractivity contribution in [1.82, 2.24) is 4.90 Å². The number of likely N-dealkylation sites (tertiary alicyclic amines) is 1. The third-order valence-corrected chi connectivity index (χ3v) is 6.19. The first kappa shape index (κ1) is 20.0.